The molecule has 0 unspecified atom stereocenters. The molecule has 0 bridgehead atoms. The summed E-state index contributed by atoms with van der Waals surface area (Å²) >= 11 is 3.50. The predicted octanol–water partition coefficient (Wildman–Crippen LogP) is 2.53. The average Bonchev–Trinajstić information content (AvgIpc) is 2.87. The summed E-state index contributed by atoms with van der Waals surface area (Å²) in [7, 11) is 0. The molecule has 0 spiro atoms. The van der Waals surface area contributed by atoms with E-state index in [1.54, 1.807) is 0 Å². The van der Waals surface area contributed by atoms with Gasteiger partial charge in [-0.3, -0.25) is 9.67 Å². The molecule has 1 saturated carbocycles. The smallest absolute Gasteiger partial charge is 0.0858 e. The normalized spacial score (nSPS) is 16.7. The molecule has 2 aromatic heterocycles. The first-order valence-electron chi connectivity index (χ1n) is 4.33. The van der Waals surface area contributed by atoms with Crippen molar-refractivity contribution in [3.8, 4) is 0 Å². The zero-order valence-corrected chi connectivity index (χ0v) is 8.53. The molecule has 4 heteroatoms. The molecule has 1 aliphatic carbocycles. The summed E-state index contributed by atoms with van der Waals surface area (Å²) in [5.41, 5.74) is 1.18. The number of hydrogen-bond donors (Lipinski definition) is 0. The zero-order valence-electron chi connectivity index (χ0n) is 6.94. The molecule has 0 saturated heterocycles. The molecule has 0 aromatic carbocycles. The Labute approximate surface area is 83.9 Å². The molecule has 3 nitrogen and oxygen atoms in total. The van der Waals surface area contributed by atoms with E-state index in [4.69, 9.17) is 0 Å². The Hall–Kier alpha value is -0.900. The second kappa shape index (κ2) is 2.54. The topological polar surface area (TPSA) is 30.7 Å². The highest BCUT2D eigenvalue weighted by Gasteiger charge is 2.26. The fourth-order valence-electron chi connectivity index (χ4n) is 1.56. The van der Waals surface area contributed by atoms with Crippen molar-refractivity contribution < 1.29 is 0 Å². The summed E-state index contributed by atoms with van der Waals surface area (Å²) in [5.74, 6) is 0. The Balaban J connectivity index is 2.34. The lowest BCUT2D eigenvalue weighted by molar-refractivity contribution is 0.664. The molecule has 2 aromatic rings. The molecule has 0 atom stereocenters. The summed E-state index contributed by atoms with van der Waals surface area (Å²) in [5, 5.41) is 5.48. The van der Waals surface area contributed by atoms with Crippen LogP contribution in [0, 0.1) is 0 Å². The van der Waals surface area contributed by atoms with Gasteiger partial charge in [0.1, 0.15) is 0 Å². The number of halogens is 1. The first kappa shape index (κ1) is 7.50. The van der Waals surface area contributed by atoms with Crippen molar-refractivity contribution >= 4 is 26.8 Å². The standard InChI is InChI=1S/C9H8BrN3/c10-8-5-11-3-6-4-12-13(9(6)8)7-1-2-7/h3-5,7H,1-2H2. The van der Waals surface area contributed by atoms with Crippen molar-refractivity contribution in [2.45, 2.75) is 18.9 Å². The van der Waals surface area contributed by atoms with Gasteiger partial charge >= 0.3 is 0 Å². The third-order valence-electron chi connectivity index (χ3n) is 2.34. The van der Waals surface area contributed by atoms with E-state index in [0.29, 0.717) is 6.04 Å². The lowest BCUT2D eigenvalue weighted by Gasteiger charge is -2.00. The van der Waals surface area contributed by atoms with Gasteiger partial charge in [-0.1, -0.05) is 0 Å². The minimum atomic E-state index is 0.621. The first-order chi connectivity index (χ1) is 6.36. The summed E-state index contributed by atoms with van der Waals surface area (Å²) in [6, 6.07) is 0.621. The third-order valence-corrected chi connectivity index (χ3v) is 2.92. The molecule has 13 heavy (non-hydrogen) atoms. The van der Waals surface area contributed by atoms with Crippen LogP contribution < -0.4 is 0 Å². The number of hydrogen-bond acceptors (Lipinski definition) is 2. The molecule has 2 heterocycles. The van der Waals surface area contributed by atoms with Gasteiger partial charge in [-0.2, -0.15) is 5.10 Å². The Morgan fingerprint density at radius 1 is 1.31 bits per heavy atom. The van der Waals surface area contributed by atoms with Crippen molar-refractivity contribution in [3.63, 3.8) is 0 Å². The number of pyridine rings is 1. The van der Waals surface area contributed by atoms with Crippen LogP contribution in [0.3, 0.4) is 0 Å². The van der Waals surface area contributed by atoms with Crippen LogP contribution in [-0.4, -0.2) is 14.8 Å². The van der Waals surface area contributed by atoms with E-state index in [1.165, 1.54) is 18.4 Å². The number of rotatable bonds is 1. The molecular formula is C9H8BrN3. The van der Waals surface area contributed by atoms with E-state index in [0.717, 1.165) is 9.86 Å². The van der Waals surface area contributed by atoms with Crippen molar-refractivity contribution in [1.29, 1.82) is 0 Å². The van der Waals surface area contributed by atoms with Crippen LogP contribution in [0.2, 0.25) is 0 Å². The predicted molar refractivity (Wildman–Crippen MR) is 53.5 cm³/mol. The molecular weight excluding hydrogens is 230 g/mol. The van der Waals surface area contributed by atoms with Crippen LogP contribution in [0.5, 0.6) is 0 Å². The van der Waals surface area contributed by atoms with Crippen LogP contribution in [-0.2, 0) is 0 Å². The summed E-state index contributed by atoms with van der Waals surface area (Å²) < 4.78 is 3.13. The molecule has 0 aliphatic heterocycles. The number of aromatic nitrogens is 3. The van der Waals surface area contributed by atoms with Crippen molar-refractivity contribution in [1.82, 2.24) is 14.8 Å². The number of fused-ring (bicyclic) bond motifs is 1. The van der Waals surface area contributed by atoms with Crippen LogP contribution >= 0.6 is 15.9 Å². The van der Waals surface area contributed by atoms with Gasteiger partial charge in [0.05, 0.1) is 22.2 Å². The Morgan fingerprint density at radius 2 is 2.15 bits per heavy atom. The third kappa shape index (κ3) is 1.09. The van der Waals surface area contributed by atoms with E-state index in [9.17, 15) is 0 Å². The van der Waals surface area contributed by atoms with Crippen LogP contribution in [0.25, 0.3) is 10.9 Å². The Morgan fingerprint density at radius 3 is 2.92 bits per heavy atom. The fraction of sp³-hybridized carbons (Fsp3) is 0.333. The van der Waals surface area contributed by atoms with E-state index < -0.39 is 0 Å². The maximum absolute atomic E-state index is 4.36. The molecule has 66 valence electrons. The molecule has 3 rings (SSSR count). The van der Waals surface area contributed by atoms with Crippen molar-refractivity contribution in [2.24, 2.45) is 0 Å². The van der Waals surface area contributed by atoms with E-state index in [2.05, 4.69) is 30.7 Å². The molecule has 0 amide bonds. The maximum atomic E-state index is 4.36. The van der Waals surface area contributed by atoms with Crippen LogP contribution in [0.15, 0.2) is 23.1 Å². The Bertz CT molecular complexity index is 459. The lowest BCUT2D eigenvalue weighted by atomic mass is 10.3. The Kier molecular flexibility index (Phi) is 1.47. The highest BCUT2D eigenvalue weighted by Crippen LogP contribution is 2.37. The molecule has 1 fully saturated rings. The number of nitrogens with zero attached hydrogens (tertiary/aromatic N) is 3. The zero-order chi connectivity index (χ0) is 8.84. The molecule has 0 radical (unpaired) electrons. The van der Waals surface area contributed by atoms with Gasteiger partial charge in [-0.15, -0.1) is 0 Å². The summed E-state index contributed by atoms with van der Waals surface area (Å²) in [6.07, 6.45) is 8.07. The monoisotopic (exact) mass is 237 g/mol. The van der Waals surface area contributed by atoms with Gasteiger partial charge in [0, 0.05) is 17.8 Å². The van der Waals surface area contributed by atoms with Crippen LogP contribution in [0.4, 0.5) is 0 Å². The van der Waals surface area contributed by atoms with Gasteiger partial charge < -0.3 is 0 Å². The van der Waals surface area contributed by atoms with Gasteiger partial charge in [-0.05, 0) is 28.8 Å². The molecule has 1 aliphatic rings. The quantitative estimate of drug-likeness (QED) is 0.764. The summed E-state index contributed by atoms with van der Waals surface area (Å²) in [4.78, 5) is 4.11. The SMILES string of the molecule is Brc1cncc2cnn(C3CC3)c12. The lowest BCUT2D eigenvalue weighted by Crippen LogP contribution is -1.95. The van der Waals surface area contributed by atoms with Gasteiger partial charge in [0.15, 0.2) is 0 Å². The van der Waals surface area contributed by atoms with Gasteiger partial charge in [0.25, 0.3) is 0 Å². The largest absolute Gasteiger partial charge is 0.263 e. The second-order valence-electron chi connectivity index (χ2n) is 3.38. The molecule has 0 N–H and O–H groups in total. The highest BCUT2D eigenvalue weighted by molar-refractivity contribution is 9.10. The highest BCUT2D eigenvalue weighted by atomic mass is 79.9. The van der Waals surface area contributed by atoms with Crippen molar-refractivity contribution in [3.05, 3.63) is 23.1 Å². The maximum Gasteiger partial charge on any atom is 0.0858 e. The van der Waals surface area contributed by atoms with E-state index in [1.807, 2.05) is 18.6 Å². The average molecular weight is 238 g/mol. The minimum absolute atomic E-state index is 0.621. The van der Waals surface area contributed by atoms with Crippen LogP contribution in [0.1, 0.15) is 18.9 Å². The van der Waals surface area contributed by atoms with Gasteiger partial charge in [-0.25, -0.2) is 0 Å². The van der Waals surface area contributed by atoms with E-state index in [-0.39, 0.29) is 0 Å². The first-order valence-corrected chi connectivity index (χ1v) is 5.12. The summed E-state index contributed by atoms with van der Waals surface area (Å²) in [6.45, 7) is 0. The van der Waals surface area contributed by atoms with Gasteiger partial charge in [0.2, 0.25) is 0 Å². The van der Waals surface area contributed by atoms with E-state index >= 15 is 0 Å². The second-order valence-corrected chi connectivity index (χ2v) is 4.23. The fourth-order valence-corrected chi connectivity index (χ4v) is 2.09. The minimum Gasteiger partial charge on any atom is -0.263 e. The van der Waals surface area contributed by atoms with Crippen molar-refractivity contribution in [2.75, 3.05) is 0 Å².